The van der Waals surface area contributed by atoms with Crippen LogP contribution in [0.1, 0.15) is 24.3 Å². The van der Waals surface area contributed by atoms with Gasteiger partial charge in [-0.05, 0) is 38.1 Å². The third-order valence-corrected chi connectivity index (χ3v) is 2.54. The summed E-state index contributed by atoms with van der Waals surface area (Å²) in [5.74, 6) is 0.838. The maximum absolute atomic E-state index is 10.8. The Morgan fingerprint density at radius 3 is 2.69 bits per heavy atom. The van der Waals surface area contributed by atoms with Crippen molar-refractivity contribution in [2.45, 2.75) is 20.0 Å². The zero-order valence-electron chi connectivity index (χ0n) is 9.73. The fourth-order valence-corrected chi connectivity index (χ4v) is 1.81. The number of aromatic nitrogens is 1. The number of nitrogens with zero attached hydrogens (tertiary/aromatic N) is 1. The second-order valence-corrected chi connectivity index (χ2v) is 4.13. The Labute approximate surface area is 94.6 Å². The number of hydrogen-bond donors (Lipinski definition) is 0. The third kappa shape index (κ3) is 1.81. The van der Waals surface area contributed by atoms with E-state index < -0.39 is 0 Å². The predicted molar refractivity (Wildman–Crippen MR) is 64.1 cm³/mol. The first-order valence-corrected chi connectivity index (χ1v) is 5.33. The van der Waals surface area contributed by atoms with Crippen LogP contribution in [0, 0.1) is 0 Å². The highest BCUT2D eigenvalue weighted by atomic mass is 16.5. The number of hydrogen-bond acceptors (Lipinski definition) is 2. The summed E-state index contributed by atoms with van der Waals surface area (Å²) < 4.78 is 7.48. The van der Waals surface area contributed by atoms with E-state index >= 15 is 0 Å². The van der Waals surface area contributed by atoms with E-state index in [2.05, 4.69) is 0 Å². The highest BCUT2D eigenvalue weighted by Gasteiger charge is 2.06. The number of carbonyl (C=O) groups is 1. The number of ether oxygens (including phenoxy) is 1. The Balaban J connectivity index is 2.50. The maximum atomic E-state index is 10.8. The molecule has 2 aromatic rings. The lowest BCUT2D eigenvalue weighted by molar-refractivity contribution is 0.111. The Kier molecular flexibility index (Phi) is 2.69. The van der Waals surface area contributed by atoms with Gasteiger partial charge in [-0.15, -0.1) is 0 Å². The lowest BCUT2D eigenvalue weighted by Crippen LogP contribution is -2.05. The molecule has 1 heterocycles. The molecule has 0 radical (unpaired) electrons. The molecule has 0 atom stereocenters. The van der Waals surface area contributed by atoms with E-state index in [1.807, 2.05) is 49.7 Å². The summed E-state index contributed by atoms with van der Waals surface area (Å²) in [6.07, 6.45) is 1.02. The second kappa shape index (κ2) is 4.00. The molecule has 0 bridgehead atoms. The monoisotopic (exact) mass is 217 g/mol. The minimum Gasteiger partial charge on any atom is -0.491 e. The molecule has 0 saturated heterocycles. The van der Waals surface area contributed by atoms with Gasteiger partial charge >= 0.3 is 0 Å². The molecule has 2 rings (SSSR count). The second-order valence-electron chi connectivity index (χ2n) is 4.13. The minimum atomic E-state index is 0.159. The van der Waals surface area contributed by atoms with Gasteiger partial charge in [0.1, 0.15) is 5.75 Å². The highest BCUT2D eigenvalue weighted by molar-refractivity contribution is 5.89. The van der Waals surface area contributed by atoms with Crippen molar-refractivity contribution < 1.29 is 9.53 Å². The summed E-state index contributed by atoms with van der Waals surface area (Å²) in [4.78, 5) is 10.8. The number of fused-ring (bicyclic) bond motifs is 1. The fraction of sp³-hybridized carbons (Fsp3) is 0.308. The SMILES string of the molecule is CC(C)Oc1ccc2c(c1)cc(C=O)n2C. The highest BCUT2D eigenvalue weighted by Crippen LogP contribution is 2.23. The molecule has 0 N–H and O–H groups in total. The van der Waals surface area contributed by atoms with E-state index in [1.54, 1.807) is 0 Å². The van der Waals surface area contributed by atoms with Crippen LogP contribution in [0.25, 0.3) is 10.9 Å². The van der Waals surface area contributed by atoms with E-state index in [9.17, 15) is 4.79 Å². The molecule has 3 heteroatoms. The topological polar surface area (TPSA) is 31.2 Å². The fourth-order valence-electron chi connectivity index (χ4n) is 1.81. The van der Waals surface area contributed by atoms with Gasteiger partial charge in [0.2, 0.25) is 0 Å². The summed E-state index contributed by atoms with van der Waals surface area (Å²) in [5.41, 5.74) is 1.72. The van der Waals surface area contributed by atoms with Crippen LogP contribution in [0.3, 0.4) is 0 Å². The first-order valence-electron chi connectivity index (χ1n) is 5.33. The molecule has 16 heavy (non-hydrogen) atoms. The number of aldehydes is 1. The van der Waals surface area contributed by atoms with Crippen molar-refractivity contribution in [1.82, 2.24) is 4.57 Å². The summed E-state index contributed by atoms with van der Waals surface area (Å²) in [7, 11) is 1.88. The summed E-state index contributed by atoms with van der Waals surface area (Å²) in [6, 6.07) is 7.73. The van der Waals surface area contributed by atoms with Crippen LogP contribution in [0.4, 0.5) is 0 Å². The van der Waals surface area contributed by atoms with Crippen molar-refractivity contribution >= 4 is 17.2 Å². The molecule has 84 valence electrons. The molecule has 0 aliphatic carbocycles. The number of aryl methyl sites for hydroxylation is 1. The van der Waals surface area contributed by atoms with Crippen LogP contribution in [0.15, 0.2) is 24.3 Å². The van der Waals surface area contributed by atoms with Crippen LogP contribution < -0.4 is 4.74 Å². The quantitative estimate of drug-likeness (QED) is 0.740. The van der Waals surface area contributed by atoms with Gasteiger partial charge in [0.15, 0.2) is 6.29 Å². The molecule has 0 amide bonds. The molecular weight excluding hydrogens is 202 g/mol. The van der Waals surface area contributed by atoms with Crippen molar-refractivity contribution in [3.05, 3.63) is 30.0 Å². The van der Waals surface area contributed by atoms with E-state index in [0.717, 1.165) is 22.9 Å². The third-order valence-electron chi connectivity index (χ3n) is 2.54. The smallest absolute Gasteiger partial charge is 0.166 e. The number of benzene rings is 1. The van der Waals surface area contributed by atoms with Gasteiger partial charge in [0.05, 0.1) is 11.8 Å². The maximum Gasteiger partial charge on any atom is 0.166 e. The Bertz CT molecular complexity index is 526. The largest absolute Gasteiger partial charge is 0.491 e. The van der Waals surface area contributed by atoms with Crippen LogP contribution in [0.5, 0.6) is 5.75 Å². The Hall–Kier alpha value is -1.77. The van der Waals surface area contributed by atoms with E-state index in [0.29, 0.717) is 5.69 Å². The molecule has 0 fully saturated rings. The molecule has 0 unspecified atom stereocenters. The zero-order chi connectivity index (χ0) is 11.7. The van der Waals surface area contributed by atoms with Crippen LogP contribution in [-0.4, -0.2) is 17.0 Å². The molecule has 0 spiro atoms. The lowest BCUT2D eigenvalue weighted by Gasteiger charge is -2.09. The first-order chi connectivity index (χ1) is 7.61. The van der Waals surface area contributed by atoms with Gasteiger partial charge in [-0.1, -0.05) is 0 Å². The zero-order valence-corrected chi connectivity index (χ0v) is 9.73. The van der Waals surface area contributed by atoms with Gasteiger partial charge in [0, 0.05) is 18.0 Å². The molecule has 1 aromatic heterocycles. The van der Waals surface area contributed by atoms with Crippen molar-refractivity contribution in [2.75, 3.05) is 0 Å². The summed E-state index contributed by atoms with van der Waals surface area (Å²) >= 11 is 0. The van der Waals surface area contributed by atoms with Crippen LogP contribution in [0.2, 0.25) is 0 Å². The predicted octanol–water partition coefficient (Wildman–Crippen LogP) is 2.78. The van der Waals surface area contributed by atoms with Crippen LogP contribution in [-0.2, 0) is 7.05 Å². The van der Waals surface area contributed by atoms with Gasteiger partial charge in [0.25, 0.3) is 0 Å². The Morgan fingerprint density at radius 2 is 2.06 bits per heavy atom. The molecule has 0 saturated carbocycles. The molecule has 1 aromatic carbocycles. The van der Waals surface area contributed by atoms with Crippen molar-refractivity contribution in [2.24, 2.45) is 7.05 Å². The minimum absolute atomic E-state index is 0.159. The average Bonchev–Trinajstić information content (AvgIpc) is 2.54. The van der Waals surface area contributed by atoms with E-state index in [1.165, 1.54) is 0 Å². The van der Waals surface area contributed by atoms with Crippen LogP contribution >= 0.6 is 0 Å². The van der Waals surface area contributed by atoms with Gasteiger partial charge < -0.3 is 9.30 Å². The van der Waals surface area contributed by atoms with Crippen molar-refractivity contribution in [1.29, 1.82) is 0 Å². The number of rotatable bonds is 3. The Morgan fingerprint density at radius 1 is 1.31 bits per heavy atom. The normalized spacial score (nSPS) is 11.0. The van der Waals surface area contributed by atoms with Gasteiger partial charge in [-0.2, -0.15) is 0 Å². The average molecular weight is 217 g/mol. The van der Waals surface area contributed by atoms with E-state index in [-0.39, 0.29) is 6.10 Å². The number of carbonyl (C=O) groups excluding carboxylic acids is 1. The van der Waals surface area contributed by atoms with Crippen molar-refractivity contribution in [3.8, 4) is 5.75 Å². The molecule has 0 aliphatic rings. The standard InChI is InChI=1S/C13H15NO2/c1-9(2)16-12-4-5-13-10(7-12)6-11(8-15)14(13)3/h4-9H,1-3H3. The molecular formula is C13H15NO2. The lowest BCUT2D eigenvalue weighted by atomic mass is 10.2. The molecule has 3 nitrogen and oxygen atoms in total. The van der Waals surface area contributed by atoms with Crippen molar-refractivity contribution in [3.63, 3.8) is 0 Å². The molecule has 0 aliphatic heterocycles. The van der Waals surface area contributed by atoms with Gasteiger partial charge in [-0.3, -0.25) is 4.79 Å². The van der Waals surface area contributed by atoms with Gasteiger partial charge in [-0.25, -0.2) is 0 Å². The first kappa shape index (κ1) is 10.7. The van der Waals surface area contributed by atoms with E-state index in [4.69, 9.17) is 4.74 Å². The summed E-state index contributed by atoms with van der Waals surface area (Å²) in [6.45, 7) is 3.98. The summed E-state index contributed by atoms with van der Waals surface area (Å²) in [5, 5.41) is 1.03.